The van der Waals surface area contributed by atoms with Crippen molar-refractivity contribution in [3.63, 3.8) is 0 Å². The van der Waals surface area contributed by atoms with E-state index in [0.29, 0.717) is 17.5 Å². The van der Waals surface area contributed by atoms with E-state index in [1.807, 2.05) is 12.1 Å². The quantitative estimate of drug-likeness (QED) is 0.805. The average molecular weight is 404 g/mol. The Morgan fingerprint density at radius 3 is 2.50 bits per heavy atom. The van der Waals surface area contributed by atoms with Crippen LogP contribution in [0.5, 0.6) is 0 Å². The number of morpholine rings is 1. The summed E-state index contributed by atoms with van der Waals surface area (Å²) >= 11 is 6.04. The van der Waals surface area contributed by atoms with E-state index in [-0.39, 0.29) is 6.10 Å². The van der Waals surface area contributed by atoms with E-state index in [1.54, 1.807) is 0 Å². The minimum Gasteiger partial charge on any atom is -0.371 e. The van der Waals surface area contributed by atoms with E-state index in [1.165, 1.54) is 70.1 Å². The normalized spacial score (nSPS) is 33.8. The highest BCUT2D eigenvalue weighted by Gasteiger charge is 2.40. The van der Waals surface area contributed by atoms with Gasteiger partial charge < -0.3 is 15.4 Å². The highest BCUT2D eigenvalue weighted by atomic mass is 35.5. The van der Waals surface area contributed by atoms with Crippen LogP contribution in [0.4, 0.5) is 0 Å². The van der Waals surface area contributed by atoms with Gasteiger partial charge in [-0.1, -0.05) is 23.7 Å². The molecule has 4 fully saturated rings. The van der Waals surface area contributed by atoms with Crippen LogP contribution in [0.2, 0.25) is 5.02 Å². The third-order valence-corrected chi connectivity index (χ3v) is 8.09. The molecule has 5 heteroatoms. The summed E-state index contributed by atoms with van der Waals surface area (Å²) in [5.41, 5.74) is 1.91. The van der Waals surface area contributed by atoms with Gasteiger partial charge in [0.05, 0.1) is 12.7 Å². The van der Waals surface area contributed by atoms with Gasteiger partial charge in [-0.25, -0.2) is 0 Å². The fourth-order valence-electron chi connectivity index (χ4n) is 6.06. The van der Waals surface area contributed by atoms with Gasteiger partial charge in [-0.15, -0.1) is 0 Å². The van der Waals surface area contributed by atoms with E-state index < -0.39 is 0 Å². The summed E-state index contributed by atoms with van der Waals surface area (Å²) in [4.78, 5) is 2.65. The lowest BCUT2D eigenvalue weighted by molar-refractivity contribution is -0.0502. The zero-order valence-electron chi connectivity index (χ0n) is 16.8. The van der Waals surface area contributed by atoms with Crippen molar-refractivity contribution in [2.75, 3.05) is 32.8 Å². The summed E-state index contributed by atoms with van der Waals surface area (Å²) in [6.45, 7) is 5.49. The Labute approximate surface area is 174 Å². The van der Waals surface area contributed by atoms with Gasteiger partial charge in [0.15, 0.2) is 0 Å². The molecule has 1 aromatic rings. The van der Waals surface area contributed by atoms with Crippen LogP contribution in [0.3, 0.4) is 0 Å². The Morgan fingerprint density at radius 1 is 1.00 bits per heavy atom. The number of nitrogens with one attached hydrogen (secondary N) is 2. The zero-order valence-corrected chi connectivity index (χ0v) is 17.6. The molecule has 0 aromatic heterocycles. The Bertz CT molecular complexity index is 650. The van der Waals surface area contributed by atoms with Crippen LogP contribution in [0.1, 0.15) is 56.6 Å². The molecule has 0 amide bonds. The number of benzene rings is 1. The molecule has 3 aliphatic heterocycles. The number of ether oxygens (including phenoxy) is 1. The van der Waals surface area contributed by atoms with Crippen molar-refractivity contribution in [2.24, 2.45) is 5.41 Å². The molecule has 3 atom stereocenters. The Morgan fingerprint density at radius 2 is 1.75 bits per heavy atom. The molecular weight excluding hydrogens is 370 g/mol. The smallest absolute Gasteiger partial charge is 0.0952 e. The third kappa shape index (κ3) is 4.13. The van der Waals surface area contributed by atoms with Gasteiger partial charge in [-0.3, -0.25) is 4.90 Å². The standard InChI is InChI=1S/C23H34ClN3O/c24-18-3-1-17(2-4-18)22-15-27-14-20(13-21(27)16-28-22)26-19-5-7-23(8-6-19)9-11-25-12-10-23/h1-4,19-22,25-26H,5-16H2/t20-,21+,22-/m1/s1. The lowest BCUT2D eigenvalue weighted by Crippen LogP contribution is -2.46. The van der Waals surface area contributed by atoms with Crippen molar-refractivity contribution in [3.8, 4) is 0 Å². The Kier molecular flexibility index (Phi) is 5.68. The summed E-state index contributed by atoms with van der Waals surface area (Å²) in [6.07, 6.45) is 9.78. The van der Waals surface area contributed by atoms with Crippen LogP contribution < -0.4 is 10.6 Å². The first-order valence-corrected chi connectivity index (χ1v) is 11.6. The number of piperidine rings is 1. The van der Waals surface area contributed by atoms with Crippen molar-refractivity contribution < 1.29 is 4.74 Å². The average Bonchev–Trinajstić information content (AvgIpc) is 3.13. The fraction of sp³-hybridized carbons (Fsp3) is 0.739. The number of hydrogen-bond acceptors (Lipinski definition) is 4. The minimum absolute atomic E-state index is 0.182. The molecule has 3 saturated heterocycles. The lowest BCUT2D eigenvalue weighted by atomic mass is 9.67. The molecule has 1 saturated carbocycles. The van der Waals surface area contributed by atoms with Gasteiger partial charge in [0.2, 0.25) is 0 Å². The van der Waals surface area contributed by atoms with Crippen molar-refractivity contribution >= 4 is 11.6 Å². The molecule has 154 valence electrons. The van der Waals surface area contributed by atoms with E-state index in [9.17, 15) is 0 Å². The molecule has 1 spiro atoms. The zero-order chi connectivity index (χ0) is 19.0. The monoisotopic (exact) mass is 403 g/mol. The van der Waals surface area contributed by atoms with Gasteiger partial charge in [0.25, 0.3) is 0 Å². The molecule has 1 aliphatic carbocycles. The Balaban J connectivity index is 1.12. The summed E-state index contributed by atoms with van der Waals surface area (Å²) < 4.78 is 6.21. The van der Waals surface area contributed by atoms with Gasteiger partial charge in [0.1, 0.15) is 0 Å². The molecule has 5 rings (SSSR count). The van der Waals surface area contributed by atoms with E-state index in [0.717, 1.165) is 24.2 Å². The molecule has 0 radical (unpaired) electrons. The molecule has 0 unspecified atom stereocenters. The molecule has 2 N–H and O–H groups in total. The predicted molar refractivity (Wildman–Crippen MR) is 114 cm³/mol. The first kappa shape index (κ1) is 19.3. The van der Waals surface area contributed by atoms with Gasteiger partial charge >= 0.3 is 0 Å². The highest BCUT2D eigenvalue weighted by molar-refractivity contribution is 6.30. The summed E-state index contributed by atoms with van der Waals surface area (Å²) in [5.74, 6) is 0. The molecular formula is C23H34ClN3O. The van der Waals surface area contributed by atoms with E-state index in [4.69, 9.17) is 16.3 Å². The van der Waals surface area contributed by atoms with Crippen LogP contribution in [-0.4, -0.2) is 55.8 Å². The van der Waals surface area contributed by atoms with Crippen LogP contribution in [0, 0.1) is 5.41 Å². The van der Waals surface area contributed by atoms with Crippen LogP contribution in [-0.2, 0) is 4.74 Å². The maximum atomic E-state index is 6.21. The van der Waals surface area contributed by atoms with Crippen molar-refractivity contribution in [1.82, 2.24) is 15.5 Å². The second kappa shape index (κ2) is 8.23. The predicted octanol–water partition coefficient (Wildman–Crippen LogP) is 3.76. The second-order valence-corrected chi connectivity index (χ2v) is 10.0. The first-order chi connectivity index (χ1) is 13.7. The summed E-state index contributed by atoms with van der Waals surface area (Å²) in [6, 6.07) is 10.1. The largest absolute Gasteiger partial charge is 0.371 e. The second-order valence-electron chi connectivity index (χ2n) is 9.60. The van der Waals surface area contributed by atoms with Crippen molar-refractivity contribution in [3.05, 3.63) is 34.9 Å². The van der Waals surface area contributed by atoms with Gasteiger partial charge in [-0.05, 0) is 81.1 Å². The molecule has 4 nitrogen and oxygen atoms in total. The number of nitrogens with zero attached hydrogens (tertiary/aromatic N) is 1. The minimum atomic E-state index is 0.182. The maximum Gasteiger partial charge on any atom is 0.0952 e. The maximum absolute atomic E-state index is 6.21. The molecule has 1 aromatic carbocycles. The van der Waals surface area contributed by atoms with Crippen LogP contribution in [0.25, 0.3) is 0 Å². The molecule has 28 heavy (non-hydrogen) atoms. The van der Waals surface area contributed by atoms with Gasteiger partial charge in [-0.2, -0.15) is 0 Å². The number of fused-ring (bicyclic) bond motifs is 1. The lowest BCUT2D eigenvalue weighted by Gasteiger charge is -2.43. The highest BCUT2D eigenvalue weighted by Crippen LogP contribution is 2.43. The van der Waals surface area contributed by atoms with E-state index >= 15 is 0 Å². The first-order valence-electron chi connectivity index (χ1n) is 11.3. The third-order valence-electron chi connectivity index (χ3n) is 7.84. The summed E-state index contributed by atoms with van der Waals surface area (Å²) in [7, 11) is 0. The SMILES string of the molecule is Clc1ccc([C@H]2CN3C[C@H](NC4CCC5(CCNCC5)CC4)C[C@H]3CO2)cc1. The number of halogens is 1. The van der Waals surface area contributed by atoms with Crippen LogP contribution >= 0.6 is 11.6 Å². The topological polar surface area (TPSA) is 36.5 Å². The van der Waals surface area contributed by atoms with Gasteiger partial charge in [0, 0.05) is 36.2 Å². The van der Waals surface area contributed by atoms with Crippen molar-refractivity contribution in [1.29, 1.82) is 0 Å². The number of rotatable bonds is 3. The van der Waals surface area contributed by atoms with Crippen LogP contribution in [0.15, 0.2) is 24.3 Å². The molecule has 0 bridgehead atoms. The molecule has 4 aliphatic rings. The fourth-order valence-corrected chi connectivity index (χ4v) is 6.19. The van der Waals surface area contributed by atoms with Crippen molar-refractivity contribution in [2.45, 2.75) is 69.2 Å². The Hall–Kier alpha value is -0.650. The number of hydrogen-bond donors (Lipinski definition) is 2. The molecule has 3 heterocycles. The summed E-state index contributed by atoms with van der Waals surface area (Å²) in [5, 5.41) is 8.35. The van der Waals surface area contributed by atoms with E-state index in [2.05, 4.69) is 27.7 Å².